The lowest BCUT2D eigenvalue weighted by atomic mass is 10.0. The molecule has 0 radical (unpaired) electrons. The number of aliphatic carboxylic acids is 1. The Morgan fingerprint density at radius 3 is 2.26 bits per heavy atom. The van der Waals surface area contributed by atoms with Gasteiger partial charge in [-0.3, -0.25) is 0 Å². The van der Waals surface area contributed by atoms with Crippen LogP contribution in [0.3, 0.4) is 0 Å². The maximum atomic E-state index is 10.6. The average Bonchev–Trinajstić information content (AvgIpc) is 2.57. The molecule has 0 saturated carbocycles. The highest BCUT2D eigenvalue weighted by Gasteiger charge is 2.38. The number of carboxylic acids is 1. The van der Waals surface area contributed by atoms with Crippen LogP contribution in [0.15, 0.2) is 54.6 Å². The lowest BCUT2D eigenvalue weighted by Crippen LogP contribution is -2.48. The largest absolute Gasteiger partial charge is 0.490 e. The van der Waals surface area contributed by atoms with Crippen LogP contribution in [0, 0.1) is 12.8 Å². The predicted molar refractivity (Wildman–Crippen MR) is 98.7 cm³/mol. The van der Waals surface area contributed by atoms with Crippen molar-refractivity contribution in [3.05, 3.63) is 65.7 Å². The number of anilines is 1. The summed E-state index contributed by atoms with van der Waals surface area (Å²) in [6, 6.07) is 19.6. The normalized spacial score (nSPS) is 13.9. The first-order chi connectivity index (χ1) is 12.8. The minimum Gasteiger partial charge on any atom is -0.475 e. The molecule has 0 aromatic heterocycles. The molecule has 0 atom stereocenters. The maximum absolute atomic E-state index is 10.6. The quantitative estimate of drug-likeness (QED) is 0.827. The van der Waals surface area contributed by atoms with Crippen molar-refractivity contribution in [2.75, 3.05) is 24.5 Å². The van der Waals surface area contributed by atoms with E-state index in [4.69, 9.17) is 9.90 Å². The van der Waals surface area contributed by atoms with Gasteiger partial charge in [0.25, 0.3) is 0 Å². The molecule has 146 valence electrons. The minimum absolute atomic E-state index is 0.778. The van der Waals surface area contributed by atoms with Crippen LogP contribution in [0.2, 0.25) is 0 Å². The van der Waals surface area contributed by atoms with E-state index in [0.29, 0.717) is 0 Å². The van der Waals surface area contributed by atoms with E-state index in [1.807, 2.05) is 0 Å². The zero-order valence-electron chi connectivity index (χ0n) is 15.0. The summed E-state index contributed by atoms with van der Waals surface area (Å²) in [4.78, 5) is 11.4. The first-order valence-corrected chi connectivity index (χ1v) is 8.62. The van der Waals surface area contributed by atoms with Crippen molar-refractivity contribution in [1.29, 1.82) is 0 Å². The van der Waals surface area contributed by atoms with Crippen molar-refractivity contribution in [3.63, 3.8) is 0 Å². The summed E-state index contributed by atoms with van der Waals surface area (Å²) < 4.78 is 31.7. The summed E-state index contributed by atoms with van der Waals surface area (Å²) in [6.07, 6.45) is -5.08. The maximum Gasteiger partial charge on any atom is 0.490 e. The fourth-order valence-electron chi connectivity index (χ4n) is 2.72. The van der Waals surface area contributed by atoms with Crippen LogP contribution >= 0.6 is 0 Å². The van der Waals surface area contributed by atoms with Crippen molar-refractivity contribution in [2.45, 2.75) is 19.6 Å². The number of hydrogen-bond donors (Lipinski definition) is 2. The van der Waals surface area contributed by atoms with Gasteiger partial charge in [0.05, 0.1) is 0 Å². The van der Waals surface area contributed by atoms with E-state index in [9.17, 15) is 13.2 Å². The fraction of sp³-hybridized carbons (Fsp3) is 0.350. The topological polar surface area (TPSA) is 52.6 Å². The number of nitrogens with one attached hydrogen (secondary N) is 1. The molecule has 1 aliphatic heterocycles. The zero-order valence-corrected chi connectivity index (χ0v) is 15.0. The van der Waals surface area contributed by atoms with E-state index in [1.54, 1.807) is 0 Å². The number of carbonyl (C=O) groups is 1. The summed E-state index contributed by atoms with van der Waals surface area (Å²) >= 11 is 0. The fourth-order valence-corrected chi connectivity index (χ4v) is 2.72. The van der Waals surface area contributed by atoms with Gasteiger partial charge in [0.2, 0.25) is 0 Å². The molecule has 2 aromatic carbocycles. The molecule has 3 rings (SSSR count). The molecular weight excluding hydrogens is 357 g/mol. The standard InChI is InChI=1S/C18H22N2.C2HF3O2/c1-15-6-5-7-16(10-15)13-20(14-17-11-19-12-17)18-8-3-2-4-9-18;3-2(4,5)1(6)7/h2-10,17,19H,11-14H2,1H3;(H,6,7). The molecule has 1 aliphatic rings. The van der Waals surface area contributed by atoms with Crippen LogP contribution in [0.1, 0.15) is 11.1 Å². The van der Waals surface area contributed by atoms with Crippen molar-refractivity contribution < 1.29 is 23.1 Å². The van der Waals surface area contributed by atoms with Crippen molar-refractivity contribution in [2.24, 2.45) is 5.92 Å². The van der Waals surface area contributed by atoms with Gasteiger partial charge >= 0.3 is 12.1 Å². The van der Waals surface area contributed by atoms with Gasteiger partial charge in [0.15, 0.2) is 0 Å². The molecule has 7 heteroatoms. The number of hydrogen-bond acceptors (Lipinski definition) is 3. The van der Waals surface area contributed by atoms with Gasteiger partial charge in [-0.25, -0.2) is 4.79 Å². The summed E-state index contributed by atoms with van der Waals surface area (Å²) in [7, 11) is 0. The molecule has 1 saturated heterocycles. The number of carboxylic acid groups (broad SMARTS) is 1. The van der Waals surface area contributed by atoms with Crippen molar-refractivity contribution in [3.8, 4) is 0 Å². The molecule has 1 fully saturated rings. The Hall–Kier alpha value is -2.54. The first-order valence-electron chi connectivity index (χ1n) is 8.62. The minimum atomic E-state index is -5.08. The highest BCUT2D eigenvalue weighted by molar-refractivity contribution is 5.73. The Balaban J connectivity index is 0.000000321. The van der Waals surface area contributed by atoms with Crippen LogP contribution in [-0.4, -0.2) is 36.9 Å². The Morgan fingerprint density at radius 1 is 1.15 bits per heavy atom. The molecule has 4 nitrogen and oxygen atoms in total. The van der Waals surface area contributed by atoms with Gasteiger partial charge in [0, 0.05) is 37.8 Å². The number of aryl methyl sites for hydroxylation is 1. The van der Waals surface area contributed by atoms with Gasteiger partial charge in [-0.05, 0) is 24.6 Å². The second kappa shape index (κ2) is 9.41. The number of alkyl halides is 3. The number of halogens is 3. The third-order valence-electron chi connectivity index (χ3n) is 4.16. The van der Waals surface area contributed by atoms with E-state index in [-0.39, 0.29) is 0 Å². The number of nitrogens with zero attached hydrogens (tertiary/aromatic N) is 1. The molecular formula is C20H23F3N2O2. The molecule has 2 N–H and O–H groups in total. The lowest BCUT2D eigenvalue weighted by molar-refractivity contribution is -0.192. The van der Waals surface area contributed by atoms with E-state index in [1.165, 1.54) is 16.8 Å². The van der Waals surface area contributed by atoms with Crippen LogP contribution in [0.5, 0.6) is 0 Å². The summed E-state index contributed by atoms with van der Waals surface area (Å²) in [6.45, 7) is 6.58. The third-order valence-corrected chi connectivity index (χ3v) is 4.16. The monoisotopic (exact) mass is 380 g/mol. The average molecular weight is 380 g/mol. The molecule has 2 aromatic rings. The number of para-hydroxylation sites is 1. The third kappa shape index (κ3) is 6.94. The Kier molecular flexibility index (Phi) is 7.24. The Labute approximate surface area is 156 Å². The molecule has 0 bridgehead atoms. The van der Waals surface area contributed by atoms with E-state index >= 15 is 0 Å². The zero-order chi connectivity index (χ0) is 19.9. The van der Waals surface area contributed by atoms with Crippen molar-refractivity contribution >= 4 is 11.7 Å². The Bertz CT molecular complexity index is 732. The van der Waals surface area contributed by atoms with Crippen LogP contribution < -0.4 is 10.2 Å². The number of benzene rings is 2. The van der Waals surface area contributed by atoms with E-state index in [2.05, 4.69) is 71.7 Å². The second-order valence-corrected chi connectivity index (χ2v) is 6.53. The number of rotatable bonds is 5. The molecule has 0 unspecified atom stereocenters. The first kappa shape index (κ1) is 20.8. The smallest absolute Gasteiger partial charge is 0.475 e. The van der Waals surface area contributed by atoms with Crippen LogP contribution in [-0.2, 0) is 11.3 Å². The van der Waals surface area contributed by atoms with Gasteiger partial charge in [-0.15, -0.1) is 0 Å². The van der Waals surface area contributed by atoms with Gasteiger partial charge in [-0.1, -0.05) is 48.0 Å². The second-order valence-electron chi connectivity index (χ2n) is 6.53. The van der Waals surface area contributed by atoms with Gasteiger partial charge in [-0.2, -0.15) is 13.2 Å². The summed E-state index contributed by atoms with van der Waals surface area (Å²) in [5.41, 5.74) is 4.04. The van der Waals surface area contributed by atoms with Crippen LogP contribution in [0.4, 0.5) is 18.9 Å². The molecule has 27 heavy (non-hydrogen) atoms. The molecule has 0 amide bonds. The molecule has 0 spiro atoms. The van der Waals surface area contributed by atoms with Gasteiger partial charge < -0.3 is 15.3 Å². The van der Waals surface area contributed by atoms with E-state index in [0.717, 1.165) is 32.1 Å². The van der Waals surface area contributed by atoms with Crippen LogP contribution in [0.25, 0.3) is 0 Å². The summed E-state index contributed by atoms with van der Waals surface area (Å²) in [5, 5.41) is 10.5. The SMILES string of the molecule is Cc1cccc(CN(CC2CNC2)c2ccccc2)c1.O=C(O)C(F)(F)F. The van der Waals surface area contributed by atoms with E-state index < -0.39 is 12.1 Å². The van der Waals surface area contributed by atoms with Crippen molar-refractivity contribution in [1.82, 2.24) is 5.32 Å². The Morgan fingerprint density at radius 2 is 1.78 bits per heavy atom. The predicted octanol–water partition coefficient (Wildman–Crippen LogP) is 3.85. The van der Waals surface area contributed by atoms with Gasteiger partial charge in [0.1, 0.15) is 0 Å². The highest BCUT2D eigenvalue weighted by Crippen LogP contribution is 2.20. The summed E-state index contributed by atoms with van der Waals surface area (Å²) in [5.74, 6) is -1.98. The lowest BCUT2D eigenvalue weighted by Gasteiger charge is -2.34. The molecule has 1 heterocycles. The highest BCUT2D eigenvalue weighted by atomic mass is 19.4. The molecule has 0 aliphatic carbocycles.